The van der Waals surface area contributed by atoms with Crippen LogP contribution < -0.4 is 5.56 Å². The highest BCUT2D eigenvalue weighted by Crippen LogP contribution is 2.25. The molecule has 0 amide bonds. The van der Waals surface area contributed by atoms with Crippen LogP contribution >= 0.6 is 46.0 Å². The van der Waals surface area contributed by atoms with Crippen LogP contribution in [-0.4, -0.2) is 21.1 Å². The van der Waals surface area contributed by atoms with Crippen molar-refractivity contribution in [3.05, 3.63) is 43.1 Å². The SMILES string of the molecule is Cn1c(SCC(=O)c2ccc(Cl)s2)nc2ccsc2c1=O. The lowest BCUT2D eigenvalue weighted by Gasteiger charge is -2.05. The van der Waals surface area contributed by atoms with E-state index in [9.17, 15) is 9.59 Å². The lowest BCUT2D eigenvalue weighted by Crippen LogP contribution is -2.19. The number of thioether (sulfide) groups is 1. The Morgan fingerprint density at radius 1 is 1.43 bits per heavy atom. The molecule has 0 aliphatic heterocycles. The van der Waals surface area contributed by atoms with Crippen LogP contribution in [0.5, 0.6) is 0 Å². The Bertz CT molecular complexity index is 881. The van der Waals surface area contributed by atoms with Crippen molar-refractivity contribution >= 4 is 62.0 Å². The zero-order valence-electron chi connectivity index (χ0n) is 10.8. The van der Waals surface area contributed by atoms with Gasteiger partial charge in [0.25, 0.3) is 5.56 Å². The maximum absolute atomic E-state index is 12.1. The number of Topliss-reactive ketones (excluding diaryl/α,β-unsaturated/α-hetero) is 1. The van der Waals surface area contributed by atoms with Crippen molar-refractivity contribution < 1.29 is 4.79 Å². The van der Waals surface area contributed by atoms with E-state index in [-0.39, 0.29) is 17.1 Å². The van der Waals surface area contributed by atoms with Crippen LogP contribution in [0.15, 0.2) is 33.5 Å². The van der Waals surface area contributed by atoms with Gasteiger partial charge in [0.05, 0.1) is 20.5 Å². The fourth-order valence-corrected chi connectivity index (χ4v) is 4.49. The molecule has 0 radical (unpaired) electrons. The van der Waals surface area contributed by atoms with Gasteiger partial charge in [0.1, 0.15) is 4.70 Å². The molecule has 3 rings (SSSR count). The molecule has 8 heteroatoms. The second kappa shape index (κ2) is 5.92. The molecule has 0 unspecified atom stereocenters. The molecule has 3 aromatic rings. The Morgan fingerprint density at radius 3 is 2.95 bits per heavy atom. The van der Waals surface area contributed by atoms with E-state index in [1.165, 1.54) is 39.0 Å². The van der Waals surface area contributed by atoms with E-state index >= 15 is 0 Å². The van der Waals surface area contributed by atoms with Gasteiger partial charge in [-0.05, 0) is 23.6 Å². The number of ketones is 1. The van der Waals surface area contributed by atoms with Crippen molar-refractivity contribution in [3.8, 4) is 0 Å². The van der Waals surface area contributed by atoms with Crippen LogP contribution in [0.4, 0.5) is 0 Å². The largest absolute Gasteiger partial charge is 0.292 e. The first-order chi connectivity index (χ1) is 10.1. The number of halogens is 1. The summed E-state index contributed by atoms with van der Waals surface area (Å²) >= 11 is 9.72. The first-order valence-electron chi connectivity index (χ1n) is 5.92. The fourth-order valence-electron chi connectivity index (χ4n) is 1.76. The number of carbonyl (C=O) groups excluding carboxylic acids is 1. The zero-order chi connectivity index (χ0) is 15.0. The van der Waals surface area contributed by atoms with E-state index in [2.05, 4.69) is 4.98 Å². The van der Waals surface area contributed by atoms with Gasteiger partial charge in [0.15, 0.2) is 10.9 Å². The van der Waals surface area contributed by atoms with E-state index in [0.717, 1.165) is 0 Å². The lowest BCUT2D eigenvalue weighted by molar-refractivity contribution is 0.102. The van der Waals surface area contributed by atoms with E-state index in [1.54, 1.807) is 19.2 Å². The first kappa shape index (κ1) is 14.8. The smallest absolute Gasteiger partial charge is 0.271 e. The molecule has 0 aliphatic rings. The minimum Gasteiger partial charge on any atom is -0.292 e. The highest BCUT2D eigenvalue weighted by atomic mass is 35.5. The van der Waals surface area contributed by atoms with E-state index < -0.39 is 0 Å². The molecule has 0 bridgehead atoms. The molecule has 0 spiro atoms. The first-order valence-corrected chi connectivity index (χ1v) is 8.98. The van der Waals surface area contributed by atoms with Crippen molar-refractivity contribution in [1.82, 2.24) is 9.55 Å². The van der Waals surface area contributed by atoms with Crippen molar-refractivity contribution in [2.45, 2.75) is 5.16 Å². The maximum atomic E-state index is 12.1. The number of carbonyl (C=O) groups is 1. The number of rotatable bonds is 4. The summed E-state index contributed by atoms with van der Waals surface area (Å²) < 4.78 is 2.71. The molecule has 0 atom stereocenters. The highest BCUT2D eigenvalue weighted by Gasteiger charge is 2.13. The molecule has 0 aliphatic carbocycles. The number of thiophene rings is 2. The number of fused-ring (bicyclic) bond motifs is 1. The van der Waals surface area contributed by atoms with Crippen molar-refractivity contribution in [1.29, 1.82) is 0 Å². The summed E-state index contributed by atoms with van der Waals surface area (Å²) in [6.07, 6.45) is 0. The number of hydrogen-bond acceptors (Lipinski definition) is 6. The monoisotopic (exact) mass is 356 g/mol. The van der Waals surface area contributed by atoms with Gasteiger partial charge >= 0.3 is 0 Å². The quantitative estimate of drug-likeness (QED) is 0.406. The van der Waals surface area contributed by atoms with Crippen LogP contribution in [0, 0.1) is 0 Å². The van der Waals surface area contributed by atoms with E-state index in [0.29, 0.717) is 24.6 Å². The van der Waals surface area contributed by atoms with Gasteiger partial charge in [-0.2, -0.15) is 0 Å². The third-order valence-corrected chi connectivity index (χ3v) is 6.02. The molecule has 21 heavy (non-hydrogen) atoms. The molecule has 0 fully saturated rings. The summed E-state index contributed by atoms with van der Waals surface area (Å²) in [6.45, 7) is 0. The van der Waals surface area contributed by atoms with Crippen molar-refractivity contribution in [3.63, 3.8) is 0 Å². The predicted octanol–water partition coefficient (Wildman–Crippen LogP) is 3.68. The zero-order valence-corrected chi connectivity index (χ0v) is 14.0. The second-order valence-electron chi connectivity index (χ2n) is 4.21. The van der Waals surface area contributed by atoms with Gasteiger partial charge in [0.2, 0.25) is 0 Å². The molecule has 3 heterocycles. The standard InChI is InChI=1S/C13H9ClN2O2S3/c1-16-12(18)11-7(4-5-19-11)15-13(16)20-6-8(17)9-2-3-10(14)21-9/h2-5H,6H2,1H3. The second-order valence-corrected chi connectivity index (χ2v) is 7.78. The van der Waals surface area contributed by atoms with Gasteiger partial charge < -0.3 is 0 Å². The molecule has 3 aromatic heterocycles. The number of hydrogen-bond donors (Lipinski definition) is 0. The molecular formula is C13H9ClN2O2S3. The van der Waals surface area contributed by atoms with Crippen LogP contribution in [0.2, 0.25) is 4.34 Å². The van der Waals surface area contributed by atoms with Gasteiger partial charge in [-0.25, -0.2) is 4.98 Å². The molecule has 0 saturated heterocycles. The average molecular weight is 357 g/mol. The molecule has 0 aromatic carbocycles. The van der Waals surface area contributed by atoms with Crippen LogP contribution in [0.25, 0.3) is 10.2 Å². The summed E-state index contributed by atoms with van der Waals surface area (Å²) in [5.74, 6) is 0.212. The van der Waals surface area contributed by atoms with Crippen molar-refractivity contribution in [2.75, 3.05) is 5.75 Å². The van der Waals surface area contributed by atoms with E-state index in [4.69, 9.17) is 11.6 Å². The minimum absolute atomic E-state index is 0.0171. The summed E-state index contributed by atoms with van der Waals surface area (Å²) in [6, 6.07) is 5.23. The molecular weight excluding hydrogens is 348 g/mol. The summed E-state index contributed by atoms with van der Waals surface area (Å²) in [4.78, 5) is 29.3. The fraction of sp³-hybridized carbons (Fsp3) is 0.154. The topological polar surface area (TPSA) is 52.0 Å². The molecule has 4 nitrogen and oxygen atoms in total. The molecule has 0 N–H and O–H groups in total. The summed E-state index contributed by atoms with van der Waals surface area (Å²) in [5, 5.41) is 2.38. The minimum atomic E-state index is -0.0795. The summed E-state index contributed by atoms with van der Waals surface area (Å²) in [5.41, 5.74) is 0.598. The molecule has 108 valence electrons. The van der Waals surface area contributed by atoms with Crippen LogP contribution in [0.1, 0.15) is 9.67 Å². The highest BCUT2D eigenvalue weighted by molar-refractivity contribution is 7.99. The Labute approximate surface area is 137 Å². The van der Waals surface area contributed by atoms with Crippen LogP contribution in [-0.2, 0) is 7.05 Å². The third kappa shape index (κ3) is 2.91. The number of aromatic nitrogens is 2. The number of nitrogens with zero attached hydrogens (tertiary/aromatic N) is 2. The molecule has 0 saturated carbocycles. The van der Waals surface area contributed by atoms with E-state index in [1.807, 2.05) is 11.4 Å². The van der Waals surface area contributed by atoms with Gasteiger partial charge in [0, 0.05) is 7.05 Å². The third-order valence-electron chi connectivity index (χ3n) is 2.83. The predicted molar refractivity (Wildman–Crippen MR) is 89.2 cm³/mol. The Kier molecular flexibility index (Phi) is 4.17. The summed E-state index contributed by atoms with van der Waals surface area (Å²) in [7, 11) is 1.67. The normalized spacial score (nSPS) is 11.1. The average Bonchev–Trinajstić information content (AvgIpc) is 3.09. The Morgan fingerprint density at radius 2 is 2.24 bits per heavy atom. The Hall–Kier alpha value is -1.15. The maximum Gasteiger partial charge on any atom is 0.271 e. The van der Waals surface area contributed by atoms with Gasteiger partial charge in [-0.1, -0.05) is 23.4 Å². The van der Waals surface area contributed by atoms with Crippen LogP contribution in [0.3, 0.4) is 0 Å². The van der Waals surface area contributed by atoms with Gasteiger partial charge in [-0.15, -0.1) is 22.7 Å². The lowest BCUT2D eigenvalue weighted by atomic mass is 10.4. The van der Waals surface area contributed by atoms with Crippen molar-refractivity contribution in [2.24, 2.45) is 7.05 Å². The Balaban J connectivity index is 1.83. The van der Waals surface area contributed by atoms with Gasteiger partial charge in [-0.3, -0.25) is 14.2 Å².